The molecule has 1 N–H and O–H groups in total. The maximum absolute atomic E-state index is 11.6. The molecule has 0 aliphatic rings. The maximum atomic E-state index is 11.6. The lowest BCUT2D eigenvalue weighted by Crippen LogP contribution is -2.33. The van der Waals surface area contributed by atoms with Crippen LogP contribution in [0.25, 0.3) is 0 Å². The Kier molecular flexibility index (Phi) is 6.68. The second-order valence-corrected chi connectivity index (χ2v) is 6.41. The highest BCUT2D eigenvalue weighted by molar-refractivity contribution is 5.67. The molecule has 0 spiro atoms. The Labute approximate surface area is 127 Å². The normalized spacial score (nSPS) is 11.7. The van der Waals surface area contributed by atoms with Gasteiger partial charge in [-0.25, -0.2) is 9.78 Å². The highest BCUT2D eigenvalue weighted by Crippen LogP contribution is 2.06. The molecule has 1 heterocycles. The summed E-state index contributed by atoms with van der Waals surface area (Å²) in [5.74, 6) is 0. The van der Waals surface area contributed by atoms with Gasteiger partial charge in [-0.1, -0.05) is 0 Å². The molecule has 1 aromatic heterocycles. The van der Waals surface area contributed by atoms with Crippen molar-refractivity contribution in [3.8, 4) is 0 Å². The first-order valence-corrected chi connectivity index (χ1v) is 7.38. The van der Waals surface area contributed by atoms with E-state index in [9.17, 15) is 4.79 Å². The lowest BCUT2D eigenvalue weighted by atomic mass is 10.2. The van der Waals surface area contributed by atoms with Gasteiger partial charge in [-0.3, -0.25) is 0 Å². The molecule has 0 aliphatic heterocycles. The van der Waals surface area contributed by atoms with Crippen LogP contribution >= 0.6 is 0 Å². The lowest BCUT2D eigenvalue weighted by Gasteiger charge is -2.19. The van der Waals surface area contributed by atoms with Crippen LogP contribution in [0.15, 0.2) is 12.5 Å². The Morgan fingerprint density at radius 1 is 1.43 bits per heavy atom. The zero-order valence-electron chi connectivity index (χ0n) is 13.8. The van der Waals surface area contributed by atoms with Crippen molar-refractivity contribution in [2.45, 2.75) is 45.8 Å². The van der Waals surface area contributed by atoms with Crippen LogP contribution in [0.4, 0.5) is 4.79 Å². The van der Waals surface area contributed by atoms with Gasteiger partial charge in [0.1, 0.15) is 5.60 Å². The molecule has 1 amide bonds. The summed E-state index contributed by atoms with van der Waals surface area (Å²) >= 11 is 0. The van der Waals surface area contributed by atoms with Gasteiger partial charge in [0, 0.05) is 31.4 Å². The summed E-state index contributed by atoms with van der Waals surface area (Å²) in [4.78, 5) is 17.9. The van der Waals surface area contributed by atoms with E-state index in [2.05, 4.69) is 33.9 Å². The first kappa shape index (κ1) is 17.5. The molecule has 0 saturated heterocycles. The molecule has 21 heavy (non-hydrogen) atoms. The topological polar surface area (TPSA) is 59.4 Å². The Hall–Kier alpha value is -1.56. The largest absolute Gasteiger partial charge is 0.444 e. The maximum Gasteiger partial charge on any atom is 0.407 e. The number of ether oxygens (including phenoxy) is 1. The first-order chi connectivity index (χ1) is 9.78. The van der Waals surface area contributed by atoms with Gasteiger partial charge in [0.2, 0.25) is 0 Å². The number of nitrogens with one attached hydrogen (secondary N) is 1. The Bertz CT molecular complexity index is 435. The van der Waals surface area contributed by atoms with Crippen molar-refractivity contribution in [3.63, 3.8) is 0 Å². The van der Waals surface area contributed by atoms with Gasteiger partial charge in [0.25, 0.3) is 0 Å². The zero-order valence-corrected chi connectivity index (χ0v) is 13.8. The van der Waals surface area contributed by atoms with Crippen LogP contribution in [0.3, 0.4) is 0 Å². The molecule has 6 heteroatoms. The Balaban J connectivity index is 2.32. The van der Waals surface area contributed by atoms with Crippen LogP contribution < -0.4 is 5.32 Å². The minimum Gasteiger partial charge on any atom is -0.444 e. The van der Waals surface area contributed by atoms with Gasteiger partial charge >= 0.3 is 6.09 Å². The van der Waals surface area contributed by atoms with Crippen LogP contribution in [-0.4, -0.2) is 53.3 Å². The number of nitrogens with zero attached hydrogens (tertiary/aromatic N) is 3. The van der Waals surface area contributed by atoms with E-state index in [4.69, 9.17) is 4.74 Å². The average molecular weight is 296 g/mol. The van der Waals surface area contributed by atoms with Crippen LogP contribution in [0.1, 0.15) is 32.9 Å². The molecule has 0 unspecified atom stereocenters. The summed E-state index contributed by atoms with van der Waals surface area (Å²) in [6.07, 6.45) is 5.16. The van der Waals surface area contributed by atoms with Crippen molar-refractivity contribution >= 4 is 6.09 Å². The van der Waals surface area contributed by atoms with Crippen molar-refractivity contribution in [2.75, 3.05) is 27.2 Å². The van der Waals surface area contributed by atoms with E-state index in [1.807, 2.05) is 33.3 Å². The molecule has 0 atom stereocenters. The molecule has 0 aliphatic carbocycles. The second-order valence-electron chi connectivity index (χ2n) is 6.41. The van der Waals surface area contributed by atoms with E-state index < -0.39 is 5.60 Å². The summed E-state index contributed by atoms with van der Waals surface area (Å²) < 4.78 is 7.34. The van der Waals surface area contributed by atoms with Gasteiger partial charge in [-0.15, -0.1) is 0 Å². The van der Waals surface area contributed by atoms with E-state index in [1.165, 1.54) is 0 Å². The number of imidazole rings is 1. The van der Waals surface area contributed by atoms with E-state index in [-0.39, 0.29) is 6.09 Å². The van der Waals surface area contributed by atoms with E-state index in [0.29, 0.717) is 6.54 Å². The van der Waals surface area contributed by atoms with Gasteiger partial charge in [-0.05, 0) is 47.8 Å². The average Bonchev–Trinajstić information content (AvgIpc) is 2.74. The zero-order chi connectivity index (χ0) is 15.9. The third-order valence-electron chi connectivity index (χ3n) is 2.85. The number of aryl methyl sites for hydroxylation is 1. The van der Waals surface area contributed by atoms with Crippen molar-refractivity contribution in [1.29, 1.82) is 0 Å². The van der Waals surface area contributed by atoms with Gasteiger partial charge in [-0.2, -0.15) is 0 Å². The summed E-state index contributed by atoms with van der Waals surface area (Å²) in [7, 11) is 4.14. The molecule has 120 valence electrons. The highest BCUT2D eigenvalue weighted by Gasteiger charge is 2.15. The molecule has 0 fully saturated rings. The second kappa shape index (κ2) is 8.02. The molecule has 1 aromatic rings. The van der Waals surface area contributed by atoms with E-state index in [1.54, 1.807) is 0 Å². The number of rotatable bonds is 7. The molecular weight excluding hydrogens is 268 g/mol. The van der Waals surface area contributed by atoms with Crippen LogP contribution in [-0.2, 0) is 17.7 Å². The molecule has 0 bridgehead atoms. The molecule has 0 aromatic carbocycles. The monoisotopic (exact) mass is 296 g/mol. The number of amides is 1. The van der Waals surface area contributed by atoms with Crippen molar-refractivity contribution < 1.29 is 9.53 Å². The fourth-order valence-corrected chi connectivity index (χ4v) is 1.92. The molecule has 0 saturated carbocycles. The smallest absolute Gasteiger partial charge is 0.407 e. The molecule has 6 nitrogen and oxygen atoms in total. The highest BCUT2D eigenvalue weighted by atomic mass is 16.6. The third kappa shape index (κ3) is 7.70. The van der Waals surface area contributed by atoms with E-state index in [0.717, 1.165) is 31.6 Å². The van der Waals surface area contributed by atoms with E-state index >= 15 is 0 Å². The fraction of sp³-hybridized carbons (Fsp3) is 0.733. The van der Waals surface area contributed by atoms with Gasteiger partial charge < -0.3 is 19.5 Å². The standard InChI is InChI=1S/C15H28N4O2/c1-15(2,3)21-14(20)17-8-7-13-11-16-12-19(13)10-6-9-18(4)5/h11-12H,6-10H2,1-5H3,(H,17,20). The van der Waals surface area contributed by atoms with Gasteiger partial charge in [0.05, 0.1) is 6.33 Å². The molecule has 0 radical (unpaired) electrons. The van der Waals surface area contributed by atoms with Crippen LogP contribution in [0.2, 0.25) is 0 Å². The predicted molar refractivity (Wildman–Crippen MR) is 83.3 cm³/mol. The minimum atomic E-state index is -0.460. The number of alkyl carbamates (subject to hydrolysis) is 1. The van der Waals surface area contributed by atoms with Gasteiger partial charge in [0.15, 0.2) is 0 Å². The quantitative estimate of drug-likeness (QED) is 0.835. The van der Waals surface area contributed by atoms with Crippen molar-refractivity contribution in [2.24, 2.45) is 0 Å². The molecule has 1 rings (SSSR count). The molecular formula is C15H28N4O2. The summed E-state index contributed by atoms with van der Waals surface area (Å²) in [5, 5.41) is 2.77. The van der Waals surface area contributed by atoms with Crippen LogP contribution in [0, 0.1) is 0 Å². The summed E-state index contributed by atoms with van der Waals surface area (Å²) in [5.41, 5.74) is 0.669. The Morgan fingerprint density at radius 2 is 2.14 bits per heavy atom. The van der Waals surface area contributed by atoms with Crippen molar-refractivity contribution in [3.05, 3.63) is 18.2 Å². The fourth-order valence-electron chi connectivity index (χ4n) is 1.92. The number of hydrogen-bond acceptors (Lipinski definition) is 4. The Morgan fingerprint density at radius 3 is 2.76 bits per heavy atom. The van der Waals surface area contributed by atoms with Crippen molar-refractivity contribution in [1.82, 2.24) is 19.8 Å². The third-order valence-corrected chi connectivity index (χ3v) is 2.85. The SMILES string of the molecule is CN(C)CCCn1cncc1CCNC(=O)OC(C)(C)C. The number of carbonyl (C=O) groups is 1. The summed E-state index contributed by atoms with van der Waals surface area (Å²) in [6, 6.07) is 0. The lowest BCUT2D eigenvalue weighted by molar-refractivity contribution is 0.0528. The minimum absolute atomic E-state index is 0.374. The predicted octanol–water partition coefficient (Wildman–Crippen LogP) is 1.90. The first-order valence-electron chi connectivity index (χ1n) is 7.38. The number of aromatic nitrogens is 2. The number of carbonyl (C=O) groups excluding carboxylic acids is 1. The number of hydrogen-bond donors (Lipinski definition) is 1. The van der Waals surface area contributed by atoms with Crippen LogP contribution in [0.5, 0.6) is 0 Å². The summed E-state index contributed by atoms with van der Waals surface area (Å²) in [6.45, 7) is 8.10.